The van der Waals surface area contributed by atoms with Crippen LogP contribution in [0, 0.1) is 11.3 Å². The van der Waals surface area contributed by atoms with Gasteiger partial charge in [-0.3, -0.25) is 19.2 Å². The lowest BCUT2D eigenvalue weighted by atomic mass is 9.93. The molecular weight excluding hydrogens is 718 g/mol. The molecule has 0 saturated carbocycles. The fraction of sp³-hybridized carbons (Fsp3) is 0.525. The van der Waals surface area contributed by atoms with Crippen LogP contribution in [-0.2, 0) is 51.2 Å². The Kier molecular flexibility index (Phi) is 24.9. The molecule has 0 bridgehead atoms. The van der Waals surface area contributed by atoms with Crippen LogP contribution in [-0.4, -0.2) is 72.3 Å². The Morgan fingerprint density at radius 1 is 1.06 bits per heavy atom. The zero-order valence-corrected chi connectivity index (χ0v) is 33.7. The Bertz CT molecular complexity index is 1460. The maximum Gasteiger partial charge on any atom is 0.345 e. The van der Waals surface area contributed by atoms with Gasteiger partial charge in [0.1, 0.15) is 12.4 Å². The molecule has 0 heterocycles. The van der Waals surface area contributed by atoms with E-state index in [1.54, 1.807) is 40.0 Å². The number of carbonyl (C=O) groups excluding carboxylic acids is 4. The van der Waals surface area contributed by atoms with Crippen LogP contribution >= 0.6 is 11.6 Å². The van der Waals surface area contributed by atoms with Gasteiger partial charge < -0.3 is 40.8 Å². The highest BCUT2D eigenvalue weighted by Crippen LogP contribution is 2.21. The zero-order valence-electron chi connectivity index (χ0n) is 32.9. The van der Waals surface area contributed by atoms with E-state index >= 15 is 0 Å². The molecule has 302 valence electrons. The number of esters is 2. The Balaban J connectivity index is 0.000000795. The van der Waals surface area contributed by atoms with Gasteiger partial charge in [0.2, 0.25) is 11.8 Å². The normalized spacial score (nSPS) is 13.6. The molecule has 54 heavy (non-hydrogen) atoms. The number of hydrogen-bond donors (Lipinski definition) is 5. The first-order valence-corrected chi connectivity index (χ1v) is 18.3. The number of carboxylic acid groups (broad SMARTS) is 1. The van der Waals surface area contributed by atoms with Crippen LogP contribution in [0.1, 0.15) is 91.7 Å². The number of carbonyl (C=O) groups is 5. The molecule has 0 radical (unpaired) electrons. The Morgan fingerprint density at radius 3 is 2.20 bits per heavy atom. The fourth-order valence-electron chi connectivity index (χ4n) is 4.26. The minimum Gasteiger partial charge on any atom is -0.496 e. The molecule has 0 aliphatic heterocycles. The van der Waals surface area contributed by atoms with E-state index in [0.717, 1.165) is 31.2 Å². The van der Waals surface area contributed by atoms with Gasteiger partial charge in [-0.05, 0) is 94.6 Å². The maximum atomic E-state index is 11.9. The zero-order chi connectivity index (χ0) is 41.3. The highest BCUT2D eigenvalue weighted by molar-refractivity contribution is 6.32. The predicted molar refractivity (Wildman–Crippen MR) is 209 cm³/mol. The molecule has 2 rings (SSSR count). The molecular formula is C40H60ClN3O10. The van der Waals surface area contributed by atoms with E-state index in [2.05, 4.69) is 17.6 Å². The molecule has 0 spiro atoms. The minimum atomic E-state index is -1.16. The van der Waals surface area contributed by atoms with Crippen LogP contribution in [0.5, 0.6) is 0 Å². The van der Waals surface area contributed by atoms with E-state index < -0.39 is 23.5 Å². The van der Waals surface area contributed by atoms with Gasteiger partial charge >= 0.3 is 17.9 Å². The minimum absolute atomic E-state index is 0.0625. The summed E-state index contributed by atoms with van der Waals surface area (Å²) < 4.78 is 15.0. The Hall–Kier alpha value is -4.46. The van der Waals surface area contributed by atoms with E-state index in [9.17, 15) is 24.0 Å². The number of aryl methyl sites for hydroxylation is 1. The van der Waals surface area contributed by atoms with Crippen molar-refractivity contribution in [2.75, 3.05) is 20.2 Å². The van der Waals surface area contributed by atoms with Gasteiger partial charge in [0.25, 0.3) is 0 Å². The first-order valence-electron chi connectivity index (χ1n) is 17.9. The van der Waals surface area contributed by atoms with E-state index in [1.807, 2.05) is 50.3 Å². The van der Waals surface area contributed by atoms with Crippen molar-refractivity contribution in [1.82, 2.24) is 10.6 Å². The second-order valence-electron chi connectivity index (χ2n) is 13.5. The molecule has 2 unspecified atom stereocenters. The van der Waals surface area contributed by atoms with Gasteiger partial charge in [0.05, 0.1) is 30.2 Å². The smallest absolute Gasteiger partial charge is 0.345 e. The van der Waals surface area contributed by atoms with Crippen molar-refractivity contribution in [3.63, 3.8) is 0 Å². The third-order valence-corrected chi connectivity index (χ3v) is 7.74. The van der Waals surface area contributed by atoms with Crippen LogP contribution in [0.2, 0.25) is 0 Å². The van der Waals surface area contributed by atoms with Gasteiger partial charge in [0, 0.05) is 19.2 Å². The molecule has 14 heteroatoms. The summed E-state index contributed by atoms with van der Waals surface area (Å²) in [6, 6.07) is 7.99. The van der Waals surface area contributed by atoms with Crippen LogP contribution in [0.3, 0.4) is 0 Å². The second-order valence-corrected chi connectivity index (χ2v) is 13.9. The lowest BCUT2D eigenvalue weighted by Gasteiger charge is -2.25. The summed E-state index contributed by atoms with van der Waals surface area (Å²) in [7, 11) is 1.56. The first kappa shape index (κ1) is 49.5. The number of aliphatic hydroxyl groups excluding tert-OH is 1. The molecule has 13 nitrogen and oxygen atoms in total. The quantitative estimate of drug-likeness (QED) is 0.0706. The van der Waals surface area contributed by atoms with Crippen molar-refractivity contribution in [3.8, 4) is 0 Å². The van der Waals surface area contributed by atoms with Gasteiger partial charge in [-0.15, -0.1) is 0 Å². The van der Waals surface area contributed by atoms with Crippen LogP contribution in [0.25, 0.3) is 0 Å². The maximum absolute atomic E-state index is 11.9. The van der Waals surface area contributed by atoms with Crippen molar-refractivity contribution < 1.29 is 48.4 Å². The average Bonchev–Trinajstić information content (AvgIpc) is 3.29. The van der Waals surface area contributed by atoms with Gasteiger partial charge in [-0.25, -0.2) is 4.79 Å². The number of allylic oxidation sites excluding steroid dienone is 5. The topological polar surface area (TPSA) is 204 Å². The molecule has 1 aliphatic carbocycles. The molecule has 1 aromatic rings. The van der Waals surface area contributed by atoms with E-state index in [1.165, 1.54) is 18.6 Å². The number of nitrogens with two attached hydrogens (primary N) is 1. The van der Waals surface area contributed by atoms with Crippen LogP contribution in [0.4, 0.5) is 0 Å². The third-order valence-electron chi connectivity index (χ3n) is 7.45. The van der Waals surface area contributed by atoms with Crippen molar-refractivity contribution >= 4 is 41.3 Å². The van der Waals surface area contributed by atoms with Crippen LogP contribution < -0.4 is 16.4 Å². The van der Waals surface area contributed by atoms with E-state index in [0.29, 0.717) is 29.5 Å². The summed E-state index contributed by atoms with van der Waals surface area (Å²) in [5.74, 6) is -1.90. The summed E-state index contributed by atoms with van der Waals surface area (Å²) in [6.07, 6.45) is 11.5. The number of rotatable bonds is 18. The number of ether oxygens (including phenoxy) is 3. The predicted octanol–water partition coefficient (Wildman–Crippen LogP) is 5.59. The van der Waals surface area contributed by atoms with Gasteiger partial charge in [0.15, 0.2) is 6.10 Å². The number of carboxylic acids is 1. The number of unbranched alkanes of at least 4 members (excludes halogenated alkanes) is 1. The van der Waals surface area contributed by atoms with E-state index in [4.69, 9.17) is 41.8 Å². The van der Waals surface area contributed by atoms with Crippen molar-refractivity contribution in [2.24, 2.45) is 17.1 Å². The molecule has 6 N–H and O–H groups in total. The molecule has 1 aliphatic rings. The molecule has 0 aromatic heterocycles. The number of hydrogen-bond acceptors (Lipinski definition) is 10. The van der Waals surface area contributed by atoms with Crippen molar-refractivity contribution in [1.29, 1.82) is 0 Å². The number of nitrogens with one attached hydrogen (secondary N) is 2. The largest absolute Gasteiger partial charge is 0.496 e. The van der Waals surface area contributed by atoms with Crippen molar-refractivity contribution in [3.05, 3.63) is 82.3 Å². The highest BCUT2D eigenvalue weighted by atomic mass is 35.5. The summed E-state index contributed by atoms with van der Waals surface area (Å²) in [5, 5.41) is 23.9. The number of aliphatic carboxylic acids is 1. The molecule has 2 amide bonds. The second kappa shape index (κ2) is 27.2. The Morgan fingerprint density at radius 2 is 1.69 bits per heavy atom. The fourth-order valence-corrected chi connectivity index (χ4v) is 4.53. The van der Waals surface area contributed by atoms with Gasteiger partial charge in [-0.2, -0.15) is 0 Å². The lowest BCUT2D eigenvalue weighted by molar-refractivity contribution is -0.171. The molecule has 0 saturated heterocycles. The lowest BCUT2D eigenvalue weighted by Crippen LogP contribution is -2.42. The number of methoxy groups -OCH3 is 1. The number of halogens is 1. The summed E-state index contributed by atoms with van der Waals surface area (Å²) in [4.78, 5) is 56.3. The average molecular weight is 778 g/mol. The summed E-state index contributed by atoms with van der Waals surface area (Å²) in [6.45, 7) is 12.5. The molecule has 0 fully saturated rings. The number of benzene rings is 1. The number of aliphatic hydroxyl groups is 1. The van der Waals surface area contributed by atoms with Gasteiger partial charge in [-0.1, -0.05) is 68.8 Å². The molecule has 2 atom stereocenters. The SMILES string of the molecule is CC(=O)NCC(C)(C)C(=O)OC(CC(C)C)C(=O)O.CCc1ccc(COC(=O)CN)cc1.COC1=CCC=C(NC(=O)/C=C/CCCC(C)O)C=C1Cl. The number of amides is 2. The highest BCUT2D eigenvalue weighted by Gasteiger charge is 2.34. The summed E-state index contributed by atoms with van der Waals surface area (Å²) in [5.41, 5.74) is 7.07. The van der Waals surface area contributed by atoms with Crippen molar-refractivity contribution in [2.45, 2.75) is 106 Å². The third kappa shape index (κ3) is 23.3. The van der Waals surface area contributed by atoms with E-state index in [-0.39, 0.29) is 49.3 Å². The van der Waals surface area contributed by atoms with Crippen LogP contribution in [0.15, 0.2) is 71.1 Å². The summed E-state index contributed by atoms with van der Waals surface area (Å²) >= 11 is 6.07. The first-order chi connectivity index (χ1) is 25.3. The monoisotopic (exact) mass is 777 g/mol. The Labute approximate surface area is 325 Å². The molecule has 1 aromatic carbocycles. The standard InChI is InChI=1S/C16H22ClNO3.C13H23NO5.C11H15NO2/c1-12(19)7-4-3-5-10-16(20)18-13-8-6-9-15(21-2)14(17)11-13;1-8(2)6-10(11(16)17)19-12(18)13(4,5)7-14-9(3)15;1-2-9-3-5-10(6-4-9)8-14-11(13)7-12/h5,8-12,19H,3-4,6-7H2,1-2H3,(H,18,20);8,10H,6-7H2,1-5H3,(H,14,15)(H,16,17);3-6H,2,7-8,12H2,1H3/b10-5+;;.